The zero-order chi connectivity index (χ0) is 13.1. The molecule has 0 saturated carbocycles. The summed E-state index contributed by atoms with van der Waals surface area (Å²) in [6.45, 7) is 0. The number of carbonyl (C=O) groups is 1. The third-order valence-electron chi connectivity index (χ3n) is 1.96. The van der Waals surface area contributed by atoms with Crippen LogP contribution in [0.15, 0.2) is 29.2 Å². The Labute approximate surface area is 111 Å². The summed E-state index contributed by atoms with van der Waals surface area (Å²) in [4.78, 5) is 32.4. The maximum atomic E-state index is 11.8. The fourth-order valence-corrected chi connectivity index (χ4v) is 1.60. The van der Waals surface area contributed by atoms with Crippen LogP contribution in [0.2, 0.25) is 10.4 Å². The SMILES string of the molecule is O=C(Nc1cc(Cl)nc(Cl)n1)c1ccc(=O)[nH]c1. The first-order chi connectivity index (χ1) is 8.54. The number of amides is 1. The summed E-state index contributed by atoms with van der Waals surface area (Å²) in [6, 6.07) is 3.99. The third-order valence-corrected chi connectivity index (χ3v) is 2.32. The van der Waals surface area contributed by atoms with E-state index < -0.39 is 5.91 Å². The summed E-state index contributed by atoms with van der Waals surface area (Å²) in [5, 5.41) is 2.53. The van der Waals surface area contributed by atoms with Crippen molar-refractivity contribution in [2.75, 3.05) is 5.32 Å². The van der Waals surface area contributed by atoms with Crippen molar-refractivity contribution in [3.8, 4) is 0 Å². The van der Waals surface area contributed by atoms with Crippen LogP contribution in [0.4, 0.5) is 5.82 Å². The van der Waals surface area contributed by atoms with E-state index in [1.165, 1.54) is 24.4 Å². The molecule has 0 radical (unpaired) electrons. The van der Waals surface area contributed by atoms with Crippen LogP contribution in [-0.4, -0.2) is 20.9 Å². The number of aromatic nitrogens is 3. The lowest BCUT2D eigenvalue weighted by atomic mass is 10.3. The van der Waals surface area contributed by atoms with Gasteiger partial charge in [-0.25, -0.2) is 9.97 Å². The predicted octanol–water partition coefficient (Wildman–Crippen LogP) is 1.72. The van der Waals surface area contributed by atoms with Crippen LogP contribution in [0, 0.1) is 0 Å². The van der Waals surface area contributed by atoms with Crippen molar-refractivity contribution in [3.05, 3.63) is 50.7 Å². The van der Waals surface area contributed by atoms with Gasteiger partial charge in [0.1, 0.15) is 11.0 Å². The van der Waals surface area contributed by atoms with Crippen molar-refractivity contribution in [1.29, 1.82) is 0 Å². The smallest absolute Gasteiger partial charge is 0.258 e. The number of hydrogen-bond acceptors (Lipinski definition) is 4. The van der Waals surface area contributed by atoms with E-state index in [4.69, 9.17) is 23.2 Å². The van der Waals surface area contributed by atoms with Crippen molar-refractivity contribution in [3.63, 3.8) is 0 Å². The van der Waals surface area contributed by atoms with E-state index >= 15 is 0 Å². The molecule has 18 heavy (non-hydrogen) atoms. The van der Waals surface area contributed by atoms with Crippen LogP contribution in [0.1, 0.15) is 10.4 Å². The fourth-order valence-electron chi connectivity index (χ4n) is 1.19. The quantitative estimate of drug-likeness (QED) is 0.649. The average Bonchev–Trinajstić information content (AvgIpc) is 2.28. The zero-order valence-electron chi connectivity index (χ0n) is 8.78. The first-order valence-corrected chi connectivity index (χ1v) is 5.50. The van der Waals surface area contributed by atoms with Crippen LogP contribution >= 0.6 is 23.2 Å². The minimum Gasteiger partial charge on any atom is -0.328 e. The first kappa shape index (κ1) is 12.5. The lowest BCUT2D eigenvalue weighted by Crippen LogP contribution is -2.15. The van der Waals surface area contributed by atoms with Gasteiger partial charge in [0.2, 0.25) is 10.8 Å². The van der Waals surface area contributed by atoms with E-state index in [0.29, 0.717) is 0 Å². The second-order valence-electron chi connectivity index (χ2n) is 3.24. The van der Waals surface area contributed by atoms with Crippen LogP contribution in [0.3, 0.4) is 0 Å². The molecule has 2 aromatic rings. The lowest BCUT2D eigenvalue weighted by molar-refractivity contribution is 0.102. The molecule has 8 heteroatoms. The molecule has 2 heterocycles. The van der Waals surface area contributed by atoms with E-state index in [0.717, 1.165) is 0 Å². The van der Waals surface area contributed by atoms with Crippen LogP contribution in [0.5, 0.6) is 0 Å². The number of halogens is 2. The van der Waals surface area contributed by atoms with Gasteiger partial charge in [0.25, 0.3) is 5.91 Å². The monoisotopic (exact) mass is 284 g/mol. The molecule has 2 aromatic heterocycles. The second-order valence-corrected chi connectivity index (χ2v) is 3.97. The number of nitrogens with zero attached hydrogens (tertiary/aromatic N) is 2. The van der Waals surface area contributed by atoms with Crippen molar-refractivity contribution < 1.29 is 4.79 Å². The van der Waals surface area contributed by atoms with E-state index in [2.05, 4.69) is 20.3 Å². The molecule has 0 bridgehead atoms. The molecule has 0 aromatic carbocycles. The van der Waals surface area contributed by atoms with E-state index in [1.807, 2.05) is 0 Å². The summed E-state index contributed by atoms with van der Waals surface area (Å²) in [7, 11) is 0. The highest BCUT2D eigenvalue weighted by molar-refractivity contribution is 6.32. The normalized spacial score (nSPS) is 10.1. The standard InChI is InChI=1S/C10H6Cl2N4O2/c11-6-3-7(16-10(12)14-6)15-9(18)5-1-2-8(17)13-4-5/h1-4H,(H,13,17)(H,14,15,16,18). The van der Waals surface area contributed by atoms with Crippen LogP contribution < -0.4 is 10.9 Å². The van der Waals surface area contributed by atoms with Gasteiger partial charge in [0.05, 0.1) is 5.56 Å². The molecule has 0 aliphatic heterocycles. The molecule has 0 saturated heterocycles. The summed E-state index contributed by atoms with van der Waals surface area (Å²) in [5.74, 6) is -0.270. The first-order valence-electron chi connectivity index (χ1n) is 4.75. The van der Waals surface area contributed by atoms with E-state index in [9.17, 15) is 9.59 Å². The number of anilines is 1. The number of carbonyl (C=O) groups excluding carboxylic acids is 1. The molecule has 0 unspecified atom stereocenters. The molecule has 0 spiro atoms. The van der Waals surface area contributed by atoms with Gasteiger partial charge >= 0.3 is 0 Å². The Morgan fingerprint density at radius 3 is 2.67 bits per heavy atom. The predicted molar refractivity (Wildman–Crippen MR) is 67.1 cm³/mol. The number of nitrogens with one attached hydrogen (secondary N) is 2. The molecule has 1 amide bonds. The van der Waals surface area contributed by atoms with Gasteiger partial charge in [-0.3, -0.25) is 9.59 Å². The van der Waals surface area contributed by atoms with Crippen molar-refractivity contribution in [2.45, 2.75) is 0 Å². The third kappa shape index (κ3) is 3.06. The molecular formula is C10H6Cl2N4O2. The molecule has 0 aliphatic rings. The van der Waals surface area contributed by atoms with Crippen molar-refractivity contribution in [1.82, 2.24) is 15.0 Å². The average molecular weight is 285 g/mol. The number of aromatic amines is 1. The summed E-state index contributed by atoms with van der Waals surface area (Å²) < 4.78 is 0. The highest BCUT2D eigenvalue weighted by Gasteiger charge is 2.08. The maximum Gasteiger partial charge on any atom is 0.258 e. The van der Waals surface area contributed by atoms with Gasteiger partial charge in [0, 0.05) is 18.3 Å². The van der Waals surface area contributed by atoms with E-state index in [1.54, 1.807) is 0 Å². The van der Waals surface area contributed by atoms with E-state index in [-0.39, 0.29) is 27.4 Å². The minimum atomic E-state index is -0.447. The topological polar surface area (TPSA) is 87.7 Å². The minimum absolute atomic E-state index is 0.0701. The highest BCUT2D eigenvalue weighted by Crippen LogP contribution is 2.14. The lowest BCUT2D eigenvalue weighted by Gasteiger charge is -2.04. The molecule has 0 atom stereocenters. The van der Waals surface area contributed by atoms with Gasteiger partial charge in [-0.1, -0.05) is 11.6 Å². The van der Waals surface area contributed by atoms with Gasteiger partial charge in [-0.05, 0) is 17.7 Å². The summed E-state index contributed by atoms with van der Waals surface area (Å²) >= 11 is 11.3. The molecule has 2 N–H and O–H groups in total. The van der Waals surface area contributed by atoms with Gasteiger partial charge in [0.15, 0.2) is 0 Å². The summed E-state index contributed by atoms with van der Waals surface area (Å²) in [6.07, 6.45) is 1.29. The molecule has 2 rings (SSSR count). The molecule has 0 aliphatic carbocycles. The number of pyridine rings is 1. The van der Waals surface area contributed by atoms with Crippen LogP contribution in [-0.2, 0) is 0 Å². The van der Waals surface area contributed by atoms with Gasteiger partial charge < -0.3 is 10.3 Å². The maximum absolute atomic E-state index is 11.8. The largest absolute Gasteiger partial charge is 0.328 e. The zero-order valence-corrected chi connectivity index (χ0v) is 10.3. The fraction of sp³-hybridized carbons (Fsp3) is 0. The number of H-pyrrole nitrogens is 1. The Morgan fingerprint density at radius 2 is 2.06 bits per heavy atom. The molecule has 0 fully saturated rings. The number of rotatable bonds is 2. The second kappa shape index (κ2) is 5.16. The molecule has 6 nitrogen and oxygen atoms in total. The highest BCUT2D eigenvalue weighted by atomic mass is 35.5. The van der Waals surface area contributed by atoms with Gasteiger partial charge in [-0.15, -0.1) is 0 Å². The van der Waals surface area contributed by atoms with Crippen molar-refractivity contribution in [2.24, 2.45) is 0 Å². The molecular weight excluding hydrogens is 279 g/mol. The van der Waals surface area contributed by atoms with Gasteiger partial charge in [-0.2, -0.15) is 0 Å². The Balaban J connectivity index is 2.21. The number of hydrogen-bond donors (Lipinski definition) is 2. The van der Waals surface area contributed by atoms with Crippen LogP contribution in [0.25, 0.3) is 0 Å². The molecule has 92 valence electrons. The Kier molecular flexibility index (Phi) is 3.59. The Hall–Kier alpha value is -1.92. The Morgan fingerprint density at radius 1 is 1.28 bits per heavy atom. The Bertz CT molecular complexity index is 616. The summed E-state index contributed by atoms with van der Waals surface area (Å²) in [5.41, 5.74) is -0.0138. The van der Waals surface area contributed by atoms with Crippen molar-refractivity contribution >= 4 is 34.9 Å².